The minimum Gasteiger partial charge on any atom is -0.495 e. The van der Waals surface area contributed by atoms with E-state index in [1.165, 1.54) is 7.11 Å². The summed E-state index contributed by atoms with van der Waals surface area (Å²) in [6.45, 7) is 2.11. The molecule has 0 radical (unpaired) electrons. The molecule has 0 fully saturated rings. The Morgan fingerprint density at radius 3 is 3.00 bits per heavy atom. The lowest BCUT2D eigenvalue weighted by molar-refractivity contribution is 0.0697. The normalized spacial score (nSPS) is 14.4. The van der Waals surface area contributed by atoms with Crippen LogP contribution >= 0.6 is 11.6 Å². The summed E-state index contributed by atoms with van der Waals surface area (Å²) in [4.78, 5) is 11.5. The molecule has 1 aliphatic heterocycles. The SMILES string of the molecule is COc1cc2c(C(=O)O)c3n(c2cc1Cl)CCNC3. The van der Waals surface area contributed by atoms with Crippen LogP contribution in [0.1, 0.15) is 16.1 Å². The van der Waals surface area contributed by atoms with Crippen LogP contribution in [-0.2, 0) is 13.1 Å². The number of ether oxygens (including phenoxy) is 1. The average Bonchev–Trinajstić information content (AvgIpc) is 2.71. The molecule has 1 aromatic carbocycles. The Kier molecular flexibility index (Phi) is 2.88. The third-order valence-electron chi connectivity index (χ3n) is 3.46. The van der Waals surface area contributed by atoms with E-state index in [-0.39, 0.29) is 0 Å². The highest BCUT2D eigenvalue weighted by Crippen LogP contribution is 2.35. The molecule has 0 saturated carbocycles. The summed E-state index contributed by atoms with van der Waals surface area (Å²) in [5.41, 5.74) is 1.97. The number of aromatic carboxylic acids is 1. The maximum Gasteiger partial charge on any atom is 0.338 e. The van der Waals surface area contributed by atoms with Gasteiger partial charge in [0.25, 0.3) is 0 Å². The molecule has 6 heteroatoms. The Morgan fingerprint density at radius 1 is 1.53 bits per heavy atom. The first kappa shape index (κ1) is 12.3. The molecule has 2 heterocycles. The first-order valence-corrected chi connectivity index (χ1v) is 6.34. The predicted octanol–water partition coefficient (Wildman–Crippen LogP) is 2.10. The molecule has 1 aliphatic rings. The molecule has 2 N–H and O–H groups in total. The van der Waals surface area contributed by atoms with E-state index < -0.39 is 5.97 Å². The van der Waals surface area contributed by atoms with Crippen molar-refractivity contribution in [1.29, 1.82) is 0 Å². The lowest BCUT2D eigenvalue weighted by atomic mass is 10.1. The smallest absolute Gasteiger partial charge is 0.338 e. The number of fused-ring (bicyclic) bond motifs is 3. The van der Waals surface area contributed by atoms with E-state index in [0.29, 0.717) is 28.3 Å². The lowest BCUT2D eigenvalue weighted by Gasteiger charge is -2.17. The van der Waals surface area contributed by atoms with Crippen LogP contribution in [0.2, 0.25) is 5.02 Å². The van der Waals surface area contributed by atoms with Gasteiger partial charge in [-0.25, -0.2) is 4.79 Å². The molecule has 1 aromatic heterocycles. The van der Waals surface area contributed by atoms with E-state index in [4.69, 9.17) is 16.3 Å². The standard InChI is InChI=1S/C13H13ClN2O3/c1-19-11-4-7-9(5-8(11)14)16-3-2-15-6-10(16)12(7)13(17)18/h4-5,15H,2-3,6H2,1H3,(H,17,18). The molecule has 19 heavy (non-hydrogen) atoms. The number of nitrogens with zero attached hydrogens (tertiary/aromatic N) is 1. The van der Waals surface area contributed by atoms with Crippen LogP contribution in [0.5, 0.6) is 5.75 Å². The van der Waals surface area contributed by atoms with Crippen molar-refractivity contribution < 1.29 is 14.6 Å². The summed E-state index contributed by atoms with van der Waals surface area (Å²) < 4.78 is 7.18. The van der Waals surface area contributed by atoms with Gasteiger partial charge in [0.15, 0.2) is 0 Å². The van der Waals surface area contributed by atoms with Crippen molar-refractivity contribution in [3.8, 4) is 5.75 Å². The molecule has 0 amide bonds. The fourth-order valence-electron chi connectivity index (χ4n) is 2.63. The Balaban J connectivity index is 2.40. The van der Waals surface area contributed by atoms with Crippen molar-refractivity contribution in [2.24, 2.45) is 0 Å². The maximum absolute atomic E-state index is 11.5. The van der Waals surface area contributed by atoms with Gasteiger partial charge in [0.2, 0.25) is 0 Å². The molecule has 5 nitrogen and oxygen atoms in total. The molecule has 0 unspecified atom stereocenters. The molecular weight excluding hydrogens is 268 g/mol. The second kappa shape index (κ2) is 4.43. The molecule has 2 aromatic rings. The highest BCUT2D eigenvalue weighted by molar-refractivity contribution is 6.33. The number of carboxylic acids is 1. The number of carbonyl (C=O) groups is 1. The average molecular weight is 281 g/mol. The number of hydrogen-bond donors (Lipinski definition) is 2. The van der Waals surface area contributed by atoms with Crippen molar-refractivity contribution in [3.05, 3.63) is 28.4 Å². The van der Waals surface area contributed by atoms with Gasteiger partial charge in [0.1, 0.15) is 5.75 Å². The van der Waals surface area contributed by atoms with E-state index in [1.807, 2.05) is 4.57 Å². The van der Waals surface area contributed by atoms with Crippen molar-refractivity contribution in [2.45, 2.75) is 13.1 Å². The lowest BCUT2D eigenvalue weighted by Crippen LogP contribution is -2.28. The maximum atomic E-state index is 11.5. The summed E-state index contributed by atoms with van der Waals surface area (Å²) in [5, 5.41) is 13.8. The van der Waals surface area contributed by atoms with Crippen molar-refractivity contribution in [3.63, 3.8) is 0 Å². The van der Waals surface area contributed by atoms with Gasteiger partial charge in [-0.3, -0.25) is 0 Å². The molecule has 0 atom stereocenters. The van der Waals surface area contributed by atoms with Crippen molar-refractivity contribution in [2.75, 3.05) is 13.7 Å². The van der Waals surface area contributed by atoms with Crippen LogP contribution in [0.3, 0.4) is 0 Å². The Bertz CT molecular complexity index is 678. The van der Waals surface area contributed by atoms with Crippen LogP contribution in [0.15, 0.2) is 12.1 Å². The Labute approximate surface area is 114 Å². The van der Waals surface area contributed by atoms with Gasteiger partial charge in [0.05, 0.1) is 23.2 Å². The fraction of sp³-hybridized carbons (Fsp3) is 0.308. The number of hydrogen-bond acceptors (Lipinski definition) is 3. The number of benzene rings is 1. The summed E-state index contributed by atoms with van der Waals surface area (Å²) >= 11 is 6.13. The van der Waals surface area contributed by atoms with Gasteiger partial charge < -0.3 is 19.7 Å². The number of rotatable bonds is 2. The third-order valence-corrected chi connectivity index (χ3v) is 3.76. The van der Waals surface area contributed by atoms with Gasteiger partial charge in [-0.05, 0) is 12.1 Å². The molecule has 3 rings (SSSR count). The van der Waals surface area contributed by atoms with Crippen LogP contribution in [-0.4, -0.2) is 29.3 Å². The number of nitrogens with one attached hydrogen (secondary N) is 1. The van der Waals surface area contributed by atoms with Gasteiger partial charge in [-0.1, -0.05) is 11.6 Å². The van der Waals surface area contributed by atoms with E-state index in [9.17, 15) is 9.90 Å². The second-order valence-electron chi connectivity index (χ2n) is 4.46. The number of aromatic nitrogens is 1. The van der Waals surface area contributed by atoms with E-state index in [2.05, 4.69) is 5.32 Å². The van der Waals surface area contributed by atoms with Gasteiger partial charge in [0, 0.05) is 30.7 Å². The summed E-state index contributed by atoms with van der Waals surface area (Å²) in [7, 11) is 1.52. The predicted molar refractivity (Wildman–Crippen MR) is 72.2 cm³/mol. The number of carboxylic acid groups (broad SMARTS) is 1. The van der Waals surface area contributed by atoms with E-state index in [1.54, 1.807) is 12.1 Å². The quantitative estimate of drug-likeness (QED) is 0.884. The van der Waals surface area contributed by atoms with Crippen molar-refractivity contribution in [1.82, 2.24) is 9.88 Å². The summed E-state index contributed by atoms with van der Waals surface area (Å²) in [6.07, 6.45) is 0. The van der Waals surface area contributed by atoms with Crippen LogP contribution in [0.4, 0.5) is 0 Å². The van der Waals surface area contributed by atoms with Gasteiger partial charge >= 0.3 is 5.97 Å². The summed E-state index contributed by atoms with van der Waals surface area (Å²) in [6, 6.07) is 3.48. The summed E-state index contributed by atoms with van der Waals surface area (Å²) in [5.74, 6) is -0.431. The molecule has 0 saturated heterocycles. The molecular formula is C13H13ClN2O3. The molecule has 0 spiro atoms. The van der Waals surface area contributed by atoms with Crippen LogP contribution in [0.25, 0.3) is 10.9 Å². The topological polar surface area (TPSA) is 63.5 Å². The Hall–Kier alpha value is -1.72. The molecule has 0 bridgehead atoms. The zero-order valence-electron chi connectivity index (χ0n) is 10.4. The first-order valence-electron chi connectivity index (χ1n) is 5.96. The zero-order chi connectivity index (χ0) is 13.6. The van der Waals surface area contributed by atoms with Crippen molar-refractivity contribution >= 4 is 28.5 Å². The highest BCUT2D eigenvalue weighted by atomic mass is 35.5. The van der Waals surface area contributed by atoms with Crippen LogP contribution < -0.4 is 10.1 Å². The fourth-order valence-corrected chi connectivity index (χ4v) is 2.87. The van der Waals surface area contributed by atoms with Crippen LogP contribution in [0, 0.1) is 0 Å². The third kappa shape index (κ3) is 1.77. The minimum atomic E-state index is -0.924. The highest BCUT2D eigenvalue weighted by Gasteiger charge is 2.24. The van der Waals surface area contributed by atoms with Gasteiger partial charge in [-0.15, -0.1) is 0 Å². The molecule has 100 valence electrons. The first-order chi connectivity index (χ1) is 9.13. The minimum absolute atomic E-state index is 0.331. The Morgan fingerprint density at radius 2 is 2.32 bits per heavy atom. The van der Waals surface area contributed by atoms with Gasteiger partial charge in [-0.2, -0.15) is 0 Å². The number of halogens is 1. The second-order valence-corrected chi connectivity index (χ2v) is 4.87. The zero-order valence-corrected chi connectivity index (χ0v) is 11.1. The van der Waals surface area contributed by atoms with E-state index in [0.717, 1.165) is 24.3 Å². The molecule has 0 aliphatic carbocycles. The largest absolute Gasteiger partial charge is 0.495 e. The monoisotopic (exact) mass is 280 g/mol. The van der Waals surface area contributed by atoms with E-state index >= 15 is 0 Å². The number of methoxy groups -OCH3 is 1.